The first-order chi connectivity index (χ1) is 8.72. The molecule has 0 spiro atoms. The van der Waals surface area contributed by atoms with Crippen LogP contribution in [0.4, 0.5) is 0 Å². The molecule has 3 nitrogen and oxygen atoms in total. The maximum absolute atomic E-state index is 4.73. The molecule has 0 amide bonds. The van der Waals surface area contributed by atoms with E-state index in [0.717, 1.165) is 24.3 Å². The molecule has 96 valence electrons. The predicted molar refractivity (Wildman–Crippen MR) is 74.9 cm³/mol. The summed E-state index contributed by atoms with van der Waals surface area (Å²) in [5.41, 5.74) is 4.89. The zero-order valence-electron chi connectivity index (χ0n) is 11.3. The van der Waals surface area contributed by atoms with Crippen LogP contribution in [0.5, 0.6) is 0 Å². The van der Waals surface area contributed by atoms with Crippen LogP contribution in [0.3, 0.4) is 0 Å². The average Bonchev–Trinajstić information content (AvgIpc) is 2.93. The van der Waals surface area contributed by atoms with Gasteiger partial charge in [0, 0.05) is 13.0 Å². The number of imidazole rings is 1. The van der Waals surface area contributed by atoms with Crippen LogP contribution in [0.15, 0.2) is 12.1 Å². The minimum atomic E-state index is 1.03. The fourth-order valence-corrected chi connectivity index (χ4v) is 2.91. The summed E-state index contributed by atoms with van der Waals surface area (Å²) in [6.07, 6.45) is 3.75. The van der Waals surface area contributed by atoms with E-state index in [1.807, 2.05) is 0 Å². The van der Waals surface area contributed by atoms with Crippen LogP contribution in [0.2, 0.25) is 0 Å². The van der Waals surface area contributed by atoms with E-state index in [4.69, 9.17) is 4.98 Å². The van der Waals surface area contributed by atoms with Crippen molar-refractivity contribution in [1.29, 1.82) is 0 Å². The smallest absolute Gasteiger partial charge is 0.108 e. The number of H-pyrrole nitrogens is 1. The highest BCUT2D eigenvalue weighted by molar-refractivity contribution is 5.79. The lowest BCUT2D eigenvalue weighted by Crippen LogP contribution is -2.22. The quantitative estimate of drug-likeness (QED) is 0.899. The van der Waals surface area contributed by atoms with E-state index in [-0.39, 0.29) is 0 Å². The number of rotatable bonds is 3. The van der Waals surface area contributed by atoms with E-state index in [0.29, 0.717) is 0 Å². The van der Waals surface area contributed by atoms with Crippen molar-refractivity contribution in [3.05, 3.63) is 29.1 Å². The normalized spacial score (nSPS) is 16.8. The van der Waals surface area contributed by atoms with Crippen molar-refractivity contribution in [1.82, 2.24) is 14.9 Å². The summed E-state index contributed by atoms with van der Waals surface area (Å²) in [5, 5.41) is 0. The highest BCUT2D eigenvalue weighted by atomic mass is 15.1. The zero-order valence-corrected chi connectivity index (χ0v) is 11.3. The molecule has 2 aromatic rings. The topological polar surface area (TPSA) is 31.9 Å². The molecular weight excluding hydrogens is 222 g/mol. The van der Waals surface area contributed by atoms with E-state index in [1.54, 1.807) is 0 Å². The van der Waals surface area contributed by atoms with Gasteiger partial charge in [0.1, 0.15) is 5.82 Å². The second kappa shape index (κ2) is 4.73. The van der Waals surface area contributed by atoms with Crippen molar-refractivity contribution >= 4 is 11.0 Å². The van der Waals surface area contributed by atoms with Gasteiger partial charge in [0.25, 0.3) is 0 Å². The van der Waals surface area contributed by atoms with Gasteiger partial charge in [-0.1, -0.05) is 6.07 Å². The predicted octanol–water partition coefficient (Wildman–Crippen LogP) is 2.82. The Morgan fingerprint density at radius 1 is 1.22 bits per heavy atom. The second-order valence-electron chi connectivity index (χ2n) is 5.46. The zero-order chi connectivity index (χ0) is 12.5. The first-order valence-corrected chi connectivity index (χ1v) is 6.90. The number of benzene rings is 1. The minimum absolute atomic E-state index is 1.03. The van der Waals surface area contributed by atoms with Gasteiger partial charge in [-0.25, -0.2) is 4.98 Å². The van der Waals surface area contributed by atoms with Gasteiger partial charge in [-0.05, 0) is 57.0 Å². The van der Waals surface area contributed by atoms with Gasteiger partial charge in [-0.2, -0.15) is 0 Å². The van der Waals surface area contributed by atoms with E-state index < -0.39 is 0 Å². The van der Waals surface area contributed by atoms with E-state index >= 15 is 0 Å². The second-order valence-corrected chi connectivity index (χ2v) is 5.46. The summed E-state index contributed by atoms with van der Waals surface area (Å²) in [6.45, 7) is 7.94. The summed E-state index contributed by atoms with van der Waals surface area (Å²) in [6, 6.07) is 4.39. The monoisotopic (exact) mass is 243 g/mol. The molecule has 1 N–H and O–H groups in total. The number of hydrogen-bond acceptors (Lipinski definition) is 2. The molecule has 0 saturated carbocycles. The SMILES string of the molecule is Cc1cc(C)c2nc(CCN3CCCC3)[nH]c2c1. The van der Waals surface area contributed by atoms with Crippen molar-refractivity contribution in [2.75, 3.05) is 19.6 Å². The molecule has 0 bridgehead atoms. The molecule has 1 aliphatic heterocycles. The van der Waals surface area contributed by atoms with E-state index in [2.05, 4.69) is 35.9 Å². The molecule has 2 heterocycles. The molecule has 0 atom stereocenters. The van der Waals surface area contributed by atoms with Gasteiger partial charge >= 0.3 is 0 Å². The number of fused-ring (bicyclic) bond motifs is 1. The highest BCUT2D eigenvalue weighted by Gasteiger charge is 2.12. The molecule has 0 radical (unpaired) electrons. The fraction of sp³-hybridized carbons (Fsp3) is 0.533. The van der Waals surface area contributed by atoms with Gasteiger partial charge < -0.3 is 9.88 Å². The Kier molecular flexibility index (Phi) is 3.08. The van der Waals surface area contributed by atoms with Crippen molar-refractivity contribution in [3.8, 4) is 0 Å². The van der Waals surface area contributed by atoms with Crippen LogP contribution in [0, 0.1) is 13.8 Å². The molecular formula is C15H21N3. The molecule has 18 heavy (non-hydrogen) atoms. The summed E-state index contributed by atoms with van der Waals surface area (Å²) in [7, 11) is 0. The molecule has 1 saturated heterocycles. The molecule has 0 unspecified atom stereocenters. The van der Waals surface area contributed by atoms with Crippen molar-refractivity contribution in [2.24, 2.45) is 0 Å². The lowest BCUT2D eigenvalue weighted by molar-refractivity contribution is 0.341. The van der Waals surface area contributed by atoms with Crippen LogP contribution in [-0.2, 0) is 6.42 Å². The molecule has 3 heteroatoms. The summed E-state index contributed by atoms with van der Waals surface area (Å²) in [5.74, 6) is 1.13. The maximum atomic E-state index is 4.73. The Morgan fingerprint density at radius 2 is 2.00 bits per heavy atom. The lowest BCUT2D eigenvalue weighted by Gasteiger charge is -2.12. The van der Waals surface area contributed by atoms with Crippen LogP contribution in [0.25, 0.3) is 11.0 Å². The van der Waals surface area contributed by atoms with Crippen molar-refractivity contribution in [3.63, 3.8) is 0 Å². The molecule has 1 aromatic carbocycles. The van der Waals surface area contributed by atoms with E-state index in [1.165, 1.54) is 42.6 Å². The number of hydrogen-bond donors (Lipinski definition) is 1. The van der Waals surface area contributed by atoms with Gasteiger partial charge in [0.05, 0.1) is 11.0 Å². The average molecular weight is 243 g/mol. The van der Waals surface area contributed by atoms with E-state index in [9.17, 15) is 0 Å². The summed E-state index contributed by atoms with van der Waals surface area (Å²) in [4.78, 5) is 10.7. The first-order valence-electron chi connectivity index (χ1n) is 6.90. The van der Waals surface area contributed by atoms with Crippen molar-refractivity contribution in [2.45, 2.75) is 33.1 Å². The summed E-state index contributed by atoms with van der Waals surface area (Å²) < 4.78 is 0. The number of nitrogens with zero attached hydrogens (tertiary/aromatic N) is 2. The third-order valence-corrected chi connectivity index (χ3v) is 3.83. The standard InChI is InChI=1S/C15H21N3/c1-11-9-12(2)15-13(10-11)16-14(17-15)5-8-18-6-3-4-7-18/h9-10H,3-8H2,1-2H3,(H,16,17). The number of aryl methyl sites for hydroxylation is 2. The number of aromatic nitrogens is 2. The van der Waals surface area contributed by atoms with Crippen molar-refractivity contribution < 1.29 is 0 Å². The third-order valence-electron chi connectivity index (χ3n) is 3.83. The third kappa shape index (κ3) is 2.27. The Bertz CT molecular complexity index is 550. The first kappa shape index (κ1) is 11.7. The molecule has 1 fully saturated rings. The molecule has 1 aliphatic rings. The number of likely N-dealkylation sites (tertiary alicyclic amines) is 1. The van der Waals surface area contributed by atoms with Gasteiger partial charge in [0.2, 0.25) is 0 Å². The van der Waals surface area contributed by atoms with Gasteiger partial charge in [-0.15, -0.1) is 0 Å². The highest BCUT2D eigenvalue weighted by Crippen LogP contribution is 2.18. The number of aromatic amines is 1. The molecule has 1 aromatic heterocycles. The van der Waals surface area contributed by atoms with Crippen LogP contribution < -0.4 is 0 Å². The molecule has 3 rings (SSSR count). The Morgan fingerprint density at radius 3 is 2.78 bits per heavy atom. The lowest BCUT2D eigenvalue weighted by atomic mass is 10.1. The fourth-order valence-electron chi connectivity index (χ4n) is 2.91. The van der Waals surface area contributed by atoms with Crippen LogP contribution >= 0.6 is 0 Å². The van der Waals surface area contributed by atoms with Crippen LogP contribution in [-0.4, -0.2) is 34.5 Å². The maximum Gasteiger partial charge on any atom is 0.108 e. The Balaban J connectivity index is 1.78. The number of nitrogens with one attached hydrogen (secondary N) is 1. The Hall–Kier alpha value is -1.35. The van der Waals surface area contributed by atoms with Crippen LogP contribution in [0.1, 0.15) is 29.8 Å². The molecule has 0 aliphatic carbocycles. The van der Waals surface area contributed by atoms with Gasteiger partial charge in [-0.3, -0.25) is 0 Å². The summed E-state index contributed by atoms with van der Waals surface area (Å²) >= 11 is 0. The van der Waals surface area contributed by atoms with Gasteiger partial charge in [0.15, 0.2) is 0 Å². The minimum Gasteiger partial charge on any atom is -0.342 e. The largest absolute Gasteiger partial charge is 0.342 e. The Labute approximate surface area is 108 Å².